The van der Waals surface area contributed by atoms with Gasteiger partial charge in [0.25, 0.3) is 0 Å². The van der Waals surface area contributed by atoms with Crippen molar-refractivity contribution >= 4 is 0 Å². The standard InChI is InChI=1S/C21H25N3O/c1-25-21-19(8-5-11-23-21)16-24-12-9-17(10-13-24)14-20(15-22)18-6-3-2-4-7-18/h2-8,11,17,20H,9-10,12-14,16H2,1H3. The maximum absolute atomic E-state index is 9.53. The lowest BCUT2D eigenvalue weighted by molar-refractivity contribution is 0.168. The van der Waals surface area contributed by atoms with E-state index in [1.807, 2.05) is 24.3 Å². The summed E-state index contributed by atoms with van der Waals surface area (Å²) in [7, 11) is 1.67. The minimum Gasteiger partial charge on any atom is -0.481 e. The van der Waals surface area contributed by atoms with Gasteiger partial charge in [-0.3, -0.25) is 4.90 Å². The fourth-order valence-electron chi connectivity index (χ4n) is 3.63. The first kappa shape index (κ1) is 17.4. The molecule has 0 radical (unpaired) electrons. The summed E-state index contributed by atoms with van der Waals surface area (Å²) >= 11 is 0. The second-order valence-electron chi connectivity index (χ2n) is 6.72. The van der Waals surface area contributed by atoms with Crippen molar-refractivity contribution in [3.8, 4) is 11.9 Å². The number of ether oxygens (including phenoxy) is 1. The summed E-state index contributed by atoms with van der Waals surface area (Å²) in [5.41, 5.74) is 2.29. The van der Waals surface area contributed by atoms with Crippen LogP contribution in [0.2, 0.25) is 0 Å². The summed E-state index contributed by atoms with van der Waals surface area (Å²) in [5, 5.41) is 9.53. The number of pyridine rings is 1. The van der Waals surface area contributed by atoms with Gasteiger partial charge in [-0.05, 0) is 49.9 Å². The summed E-state index contributed by atoms with van der Waals surface area (Å²) in [6.07, 6.45) is 5.02. The number of hydrogen-bond donors (Lipinski definition) is 0. The van der Waals surface area contributed by atoms with Gasteiger partial charge >= 0.3 is 0 Å². The van der Waals surface area contributed by atoms with Crippen molar-refractivity contribution in [2.45, 2.75) is 31.7 Å². The molecule has 1 saturated heterocycles. The van der Waals surface area contributed by atoms with E-state index < -0.39 is 0 Å². The van der Waals surface area contributed by atoms with E-state index in [1.54, 1.807) is 13.3 Å². The predicted molar refractivity (Wildman–Crippen MR) is 98.2 cm³/mol. The van der Waals surface area contributed by atoms with Crippen LogP contribution in [0.25, 0.3) is 0 Å². The molecule has 4 nitrogen and oxygen atoms in total. The number of hydrogen-bond acceptors (Lipinski definition) is 4. The molecule has 4 heteroatoms. The molecule has 0 spiro atoms. The molecule has 25 heavy (non-hydrogen) atoms. The van der Waals surface area contributed by atoms with Gasteiger partial charge in [-0.2, -0.15) is 5.26 Å². The Hall–Kier alpha value is -2.38. The van der Waals surface area contributed by atoms with Crippen LogP contribution < -0.4 is 4.74 Å². The molecule has 1 aliphatic heterocycles. The topological polar surface area (TPSA) is 49.1 Å². The second kappa shape index (κ2) is 8.64. The van der Waals surface area contributed by atoms with Gasteiger partial charge in [0.05, 0.1) is 19.1 Å². The minimum absolute atomic E-state index is 0.0103. The zero-order valence-corrected chi connectivity index (χ0v) is 14.8. The van der Waals surface area contributed by atoms with Gasteiger partial charge in [0, 0.05) is 18.3 Å². The highest BCUT2D eigenvalue weighted by Crippen LogP contribution is 2.30. The van der Waals surface area contributed by atoms with Crippen molar-refractivity contribution in [2.75, 3.05) is 20.2 Å². The zero-order chi connectivity index (χ0) is 17.5. The first-order valence-electron chi connectivity index (χ1n) is 8.95. The number of nitriles is 1. The van der Waals surface area contributed by atoms with E-state index >= 15 is 0 Å². The first-order valence-corrected chi connectivity index (χ1v) is 8.95. The number of nitrogens with zero attached hydrogens (tertiary/aromatic N) is 3. The molecular formula is C21H25N3O. The van der Waals surface area contributed by atoms with E-state index in [4.69, 9.17) is 4.74 Å². The summed E-state index contributed by atoms with van der Waals surface area (Å²) in [4.78, 5) is 6.73. The minimum atomic E-state index is 0.0103. The predicted octanol–water partition coefficient (Wildman–Crippen LogP) is 4.00. The Morgan fingerprint density at radius 1 is 1.20 bits per heavy atom. The number of rotatable bonds is 6. The van der Waals surface area contributed by atoms with Crippen molar-refractivity contribution in [3.05, 3.63) is 59.8 Å². The highest BCUT2D eigenvalue weighted by Gasteiger charge is 2.23. The lowest BCUT2D eigenvalue weighted by Crippen LogP contribution is -2.33. The van der Waals surface area contributed by atoms with Crippen molar-refractivity contribution in [1.29, 1.82) is 5.26 Å². The van der Waals surface area contributed by atoms with Gasteiger partial charge in [-0.25, -0.2) is 4.98 Å². The van der Waals surface area contributed by atoms with E-state index in [2.05, 4.69) is 34.2 Å². The third kappa shape index (κ3) is 4.58. The van der Waals surface area contributed by atoms with Crippen LogP contribution in [-0.4, -0.2) is 30.1 Å². The van der Waals surface area contributed by atoms with Crippen LogP contribution in [0.5, 0.6) is 5.88 Å². The Balaban J connectivity index is 1.53. The van der Waals surface area contributed by atoms with E-state index in [9.17, 15) is 5.26 Å². The normalized spacial score (nSPS) is 17.0. The molecule has 0 amide bonds. The number of aromatic nitrogens is 1. The fourth-order valence-corrected chi connectivity index (χ4v) is 3.63. The molecular weight excluding hydrogens is 310 g/mol. The quantitative estimate of drug-likeness (QED) is 0.800. The summed E-state index contributed by atoms with van der Waals surface area (Å²) in [6, 6.07) is 16.7. The molecule has 0 saturated carbocycles. The maximum Gasteiger partial charge on any atom is 0.217 e. The molecule has 1 fully saturated rings. The molecule has 2 aromatic rings. The van der Waals surface area contributed by atoms with Crippen LogP contribution in [0.15, 0.2) is 48.7 Å². The third-order valence-corrected chi connectivity index (χ3v) is 5.07. The summed E-state index contributed by atoms with van der Waals surface area (Å²) < 4.78 is 5.35. The molecule has 1 aromatic heterocycles. The summed E-state index contributed by atoms with van der Waals surface area (Å²) in [5.74, 6) is 1.35. The SMILES string of the molecule is COc1ncccc1CN1CCC(CC(C#N)c2ccccc2)CC1. The lowest BCUT2D eigenvalue weighted by atomic mass is 9.84. The number of likely N-dealkylation sites (tertiary alicyclic amines) is 1. The highest BCUT2D eigenvalue weighted by atomic mass is 16.5. The van der Waals surface area contributed by atoms with Gasteiger partial charge in [-0.15, -0.1) is 0 Å². The zero-order valence-electron chi connectivity index (χ0n) is 14.8. The van der Waals surface area contributed by atoms with Crippen molar-refractivity contribution < 1.29 is 4.74 Å². The van der Waals surface area contributed by atoms with Gasteiger partial charge in [0.2, 0.25) is 5.88 Å². The number of benzene rings is 1. The van der Waals surface area contributed by atoms with Crippen molar-refractivity contribution in [2.24, 2.45) is 5.92 Å². The Bertz CT molecular complexity index is 703. The van der Waals surface area contributed by atoms with Gasteiger partial charge in [-0.1, -0.05) is 36.4 Å². The van der Waals surface area contributed by atoms with Crippen molar-refractivity contribution in [1.82, 2.24) is 9.88 Å². The Morgan fingerprint density at radius 2 is 1.96 bits per heavy atom. The van der Waals surface area contributed by atoms with Gasteiger partial charge in [0.15, 0.2) is 0 Å². The van der Waals surface area contributed by atoms with Crippen LogP contribution in [0.3, 0.4) is 0 Å². The Morgan fingerprint density at radius 3 is 2.64 bits per heavy atom. The van der Waals surface area contributed by atoms with Crippen molar-refractivity contribution in [3.63, 3.8) is 0 Å². The molecule has 0 N–H and O–H groups in total. The second-order valence-corrected chi connectivity index (χ2v) is 6.72. The monoisotopic (exact) mass is 335 g/mol. The molecule has 1 atom stereocenters. The molecule has 2 heterocycles. The molecule has 3 rings (SSSR count). The van der Waals surface area contributed by atoms with E-state index in [-0.39, 0.29) is 5.92 Å². The van der Waals surface area contributed by atoms with Crippen LogP contribution >= 0.6 is 0 Å². The average Bonchev–Trinajstić information content (AvgIpc) is 2.68. The number of piperidine rings is 1. The lowest BCUT2D eigenvalue weighted by Gasteiger charge is -2.33. The molecule has 0 bridgehead atoms. The van der Waals surface area contributed by atoms with Gasteiger partial charge in [0.1, 0.15) is 0 Å². The van der Waals surface area contributed by atoms with E-state index in [0.717, 1.165) is 55.9 Å². The summed E-state index contributed by atoms with van der Waals surface area (Å²) in [6.45, 7) is 3.01. The number of methoxy groups -OCH3 is 1. The third-order valence-electron chi connectivity index (χ3n) is 5.07. The van der Waals surface area contributed by atoms with Crippen LogP contribution in [0, 0.1) is 17.2 Å². The fraction of sp³-hybridized carbons (Fsp3) is 0.429. The van der Waals surface area contributed by atoms with E-state index in [0.29, 0.717) is 5.92 Å². The smallest absolute Gasteiger partial charge is 0.217 e. The van der Waals surface area contributed by atoms with Crippen LogP contribution in [0.1, 0.15) is 36.3 Å². The maximum atomic E-state index is 9.53. The Kier molecular flexibility index (Phi) is 6.03. The van der Waals surface area contributed by atoms with Crippen LogP contribution in [0.4, 0.5) is 0 Å². The molecule has 130 valence electrons. The first-order chi connectivity index (χ1) is 12.3. The largest absolute Gasteiger partial charge is 0.481 e. The molecule has 1 aromatic carbocycles. The Labute approximate surface area is 150 Å². The molecule has 1 aliphatic rings. The van der Waals surface area contributed by atoms with Gasteiger partial charge < -0.3 is 4.74 Å². The van der Waals surface area contributed by atoms with Crippen LogP contribution in [-0.2, 0) is 6.54 Å². The molecule has 0 aliphatic carbocycles. The average molecular weight is 335 g/mol. The molecule has 1 unspecified atom stereocenters. The van der Waals surface area contributed by atoms with E-state index in [1.165, 1.54) is 0 Å². The highest BCUT2D eigenvalue weighted by molar-refractivity contribution is 5.26.